The predicted octanol–water partition coefficient (Wildman–Crippen LogP) is 3.10. The van der Waals surface area contributed by atoms with E-state index in [4.69, 9.17) is 0 Å². The van der Waals surface area contributed by atoms with Gasteiger partial charge in [-0.25, -0.2) is 0 Å². The van der Waals surface area contributed by atoms with Crippen molar-refractivity contribution in [2.75, 3.05) is 6.54 Å². The van der Waals surface area contributed by atoms with Crippen LogP contribution in [-0.2, 0) is 4.79 Å². The lowest BCUT2D eigenvalue weighted by Crippen LogP contribution is -2.31. The molecule has 1 amide bonds. The van der Waals surface area contributed by atoms with E-state index in [0.29, 0.717) is 17.2 Å². The van der Waals surface area contributed by atoms with Gasteiger partial charge in [0.1, 0.15) is 0 Å². The maximum atomic E-state index is 11.6. The summed E-state index contributed by atoms with van der Waals surface area (Å²) in [6.07, 6.45) is 4.32. The molecule has 0 radical (unpaired) electrons. The topological polar surface area (TPSA) is 29.1 Å². The summed E-state index contributed by atoms with van der Waals surface area (Å²) < 4.78 is 0. The van der Waals surface area contributed by atoms with Gasteiger partial charge in [0.15, 0.2) is 0 Å². The quantitative estimate of drug-likeness (QED) is 0.788. The number of halogens is 1. The van der Waals surface area contributed by atoms with Crippen LogP contribution in [0.3, 0.4) is 0 Å². The number of amides is 1. The summed E-state index contributed by atoms with van der Waals surface area (Å²) >= 11 is 3.62. The molecule has 0 aromatic carbocycles. The second-order valence-electron chi connectivity index (χ2n) is 5.82. The zero-order valence-corrected chi connectivity index (χ0v) is 11.6. The van der Waals surface area contributed by atoms with Gasteiger partial charge in [-0.15, -0.1) is 0 Å². The van der Waals surface area contributed by atoms with Crippen molar-refractivity contribution in [3.05, 3.63) is 0 Å². The fourth-order valence-corrected chi connectivity index (χ4v) is 2.79. The Balaban J connectivity index is 2.17. The van der Waals surface area contributed by atoms with Gasteiger partial charge >= 0.3 is 0 Å². The number of carbonyl (C=O) groups is 1. The van der Waals surface area contributed by atoms with Crippen LogP contribution >= 0.6 is 15.9 Å². The summed E-state index contributed by atoms with van der Waals surface area (Å²) in [5.41, 5.74) is 0.0950. The molecule has 2 atom stereocenters. The molecule has 0 aromatic rings. The van der Waals surface area contributed by atoms with Gasteiger partial charge in [-0.05, 0) is 30.6 Å². The van der Waals surface area contributed by atoms with Gasteiger partial charge in [0, 0.05) is 17.8 Å². The molecule has 1 N–H and O–H groups in total. The summed E-state index contributed by atoms with van der Waals surface area (Å²) in [4.78, 5) is 12.2. The average Bonchev–Trinajstić information content (AvgIpc) is 2.45. The molecule has 1 saturated carbocycles. The third-order valence-corrected chi connectivity index (χ3v) is 3.59. The maximum absolute atomic E-state index is 11.6. The van der Waals surface area contributed by atoms with Crippen molar-refractivity contribution in [1.82, 2.24) is 5.32 Å². The molecule has 0 bridgehead atoms. The third-order valence-electron chi connectivity index (χ3n) is 2.76. The predicted molar refractivity (Wildman–Crippen MR) is 67.1 cm³/mol. The Morgan fingerprint density at radius 2 is 2.07 bits per heavy atom. The Bertz CT molecular complexity index is 222. The van der Waals surface area contributed by atoms with Crippen LogP contribution in [0.1, 0.15) is 46.5 Å². The molecule has 1 aliphatic carbocycles. The molecule has 88 valence electrons. The number of alkyl halides is 1. The first-order valence-corrected chi connectivity index (χ1v) is 6.69. The molecule has 2 unspecified atom stereocenters. The van der Waals surface area contributed by atoms with Crippen molar-refractivity contribution in [2.24, 2.45) is 11.3 Å². The molecule has 0 saturated heterocycles. The van der Waals surface area contributed by atoms with E-state index in [2.05, 4.69) is 42.0 Å². The van der Waals surface area contributed by atoms with E-state index in [1.54, 1.807) is 0 Å². The maximum Gasteiger partial charge on any atom is 0.220 e. The third kappa shape index (κ3) is 5.55. The molecule has 1 aliphatic rings. The average molecular weight is 276 g/mol. The highest BCUT2D eigenvalue weighted by molar-refractivity contribution is 9.09. The Kier molecular flexibility index (Phi) is 4.63. The van der Waals surface area contributed by atoms with Gasteiger partial charge < -0.3 is 5.32 Å². The summed E-state index contributed by atoms with van der Waals surface area (Å²) in [6, 6.07) is 0. The van der Waals surface area contributed by atoms with Crippen molar-refractivity contribution in [3.8, 4) is 0 Å². The summed E-state index contributed by atoms with van der Waals surface area (Å²) in [5.74, 6) is 0.874. The van der Waals surface area contributed by atoms with E-state index in [9.17, 15) is 4.79 Å². The number of hydrogen-bond acceptors (Lipinski definition) is 1. The van der Waals surface area contributed by atoms with Crippen molar-refractivity contribution in [1.29, 1.82) is 0 Å². The number of rotatable bonds is 3. The monoisotopic (exact) mass is 275 g/mol. The van der Waals surface area contributed by atoms with E-state index in [1.165, 1.54) is 19.3 Å². The van der Waals surface area contributed by atoms with Gasteiger partial charge in [-0.1, -0.05) is 36.7 Å². The minimum absolute atomic E-state index is 0.0950. The van der Waals surface area contributed by atoms with Crippen LogP contribution in [0.5, 0.6) is 0 Å². The molecule has 2 nitrogen and oxygen atoms in total. The first-order chi connectivity index (χ1) is 6.87. The van der Waals surface area contributed by atoms with Gasteiger partial charge in [0.2, 0.25) is 5.91 Å². The largest absolute Gasteiger partial charge is 0.356 e. The van der Waals surface area contributed by atoms with Crippen LogP contribution in [-0.4, -0.2) is 17.3 Å². The van der Waals surface area contributed by atoms with E-state index in [-0.39, 0.29) is 11.3 Å². The normalized spacial score (nSPS) is 26.7. The highest BCUT2D eigenvalue weighted by Crippen LogP contribution is 2.30. The molecule has 3 heteroatoms. The fraction of sp³-hybridized carbons (Fsp3) is 0.917. The highest BCUT2D eigenvalue weighted by Gasteiger charge is 2.23. The van der Waals surface area contributed by atoms with Crippen molar-refractivity contribution in [2.45, 2.75) is 51.3 Å². The molecule has 0 aromatic heterocycles. The van der Waals surface area contributed by atoms with Crippen LogP contribution in [0.25, 0.3) is 0 Å². The minimum atomic E-state index is 0.0950. The second kappa shape index (κ2) is 5.33. The summed E-state index contributed by atoms with van der Waals surface area (Å²) in [6.45, 7) is 7.14. The van der Waals surface area contributed by atoms with Crippen molar-refractivity contribution in [3.63, 3.8) is 0 Å². The Hall–Kier alpha value is -0.0500. The first-order valence-electron chi connectivity index (χ1n) is 5.77. The summed E-state index contributed by atoms with van der Waals surface area (Å²) in [5, 5.41) is 3.04. The molecular weight excluding hydrogens is 254 g/mol. The van der Waals surface area contributed by atoms with Crippen molar-refractivity contribution >= 4 is 21.8 Å². The number of hydrogen-bond donors (Lipinski definition) is 1. The molecule has 0 aliphatic heterocycles. The van der Waals surface area contributed by atoms with Crippen LogP contribution in [0.4, 0.5) is 0 Å². The minimum Gasteiger partial charge on any atom is -0.356 e. The van der Waals surface area contributed by atoms with E-state index in [1.807, 2.05) is 0 Å². The standard InChI is InChI=1S/C12H22BrNO/c1-12(2,3)7-11(15)14-8-9-4-5-10(13)6-9/h9-10H,4-8H2,1-3H3,(H,14,15). The molecule has 1 rings (SSSR count). The molecule has 0 heterocycles. The second-order valence-corrected chi connectivity index (χ2v) is 7.11. The van der Waals surface area contributed by atoms with Crippen LogP contribution in [0.15, 0.2) is 0 Å². The number of nitrogens with one attached hydrogen (secondary N) is 1. The van der Waals surface area contributed by atoms with E-state index < -0.39 is 0 Å². The SMILES string of the molecule is CC(C)(C)CC(=O)NCC1CCC(Br)C1. The summed E-state index contributed by atoms with van der Waals surface area (Å²) in [7, 11) is 0. The van der Waals surface area contributed by atoms with E-state index in [0.717, 1.165) is 6.54 Å². The zero-order valence-electron chi connectivity index (χ0n) is 9.98. The van der Waals surface area contributed by atoms with Gasteiger partial charge in [0.05, 0.1) is 0 Å². The Labute approximate surface area is 101 Å². The van der Waals surface area contributed by atoms with Gasteiger partial charge in [-0.2, -0.15) is 0 Å². The van der Waals surface area contributed by atoms with E-state index >= 15 is 0 Å². The Morgan fingerprint density at radius 1 is 1.40 bits per heavy atom. The smallest absolute Gasteiger partial charge is 0.220 e. The zero-order chi connectivity index (χ0) is 11.5. The lowest BCUT2D eigenvalue weighted by atomic mass is 9.92. The van der Waals surface area contributed by atoms with Gasteiger partial charge in [0.25, 0.3) is 0 Å². The molecule has 0 spiro atoms. The fourth-order valence-electron chi connectivity index (χ4n) is 2.00. The van der Waals surface area contributed by atoms with Crippen LogP contribution < -0.4 is 5.32 Å². The van der Waals surface area contributed by atoms with Crippen LogP contribution in [0.2, 0.25) is 0 Å². The van der Waals surface area contributed by atoms with Crippen molar-refractivity contribution < 1.29 is 4.79 Å². The molecular formula is C12H22BrNO. The lowest BCUT2D eigenvalue weighted by Gasteiger charge is -2.18. The Morgan fingerprint density at radius 3 is 2.53 bits per heavy atom. The molecule has 15 heavy (non-hydrogen) atoms. The molecule has 1 fully saturated rings. The first kappa shape index (κ1) is 13.0. The van der Waals surface area contributed by atoms with Crippen LogP contribution in [0, 0.1) is 11.3 Å². The van der Waals surface area contributed by atoms with Gasteiger partial charge in [-0.3, -0.25) is 4.79 Å². The highest BCUT2D eigenvalue weighted by atomic mass is 79.9. The lowest BCUT2D eigenvalue weighted by molar-refractivity contribution is -0.122. The number of carbonyl (C=O) groups excluding carboxylic acids is 1.